The predicted molar refractivity (Wildman–Crippen MR) is 84.3 cm³/mol. The molecule has 0 fully saturated rings. The number of nitrogens with one attached hydrogen (secondary N) is 1. The van der Waals surface area contributed by atoms with Gasteiger partial charge in [-0.2, -0.15) is 0 Å². The van der Waals surface area contributed by atoms with Gasteiger partial charge in [-0.1, -0.05) is 13.3 Å². The molecule has 0 spiro atoms. The SMILES string of the molecule is CCCC(C)(N)C(=O)NC(C)c1nnc2n1CCCC2.Cl. The Morgan fingerprint density at radius 2 is 2.19 bits per heavy atom. The van der Waals surface area contributed by atoms with Gasteiger partial charge in [0.1, 0.15) is 5.82 Å². The van der Waals surface area contributed by atoms with Gasteiger partial charge in [0.15, 0.2) is 5.82 Å². The quantitative estimate of drug-likeness (QED) is 0.866. The van der Waals surface area contributed by atoms with Crippen molar-refractivity contribution in [3.8, 4) is 0 Å². The zero-order chi connectivity index (χ0) is 14.8. The van der Waals surface area contributed by atoms with Crippen molar-refractivity contribution in [3.05, 3.63) is 11.6 Å². The normalized spacial score (nSPS) is 18.1. The highest BCUT2D eigenvalue weighted by Crippen LogP contribution is 2.19. The topological polar surface area (TPSA) is 85.8 Å². The van der Waals surface area contributed by atoms with Crippen LogP contribution in [0.25, 0.3) is 0 Å². The van der Waals surface area contributed by atoms with E-state index in [1.165, 1.54) is 0 Å². The lowest BCUT2D eigenvalue weighted by Crippen LogP contribution is -2.52. The standard InChI is InChI=1S/C14H25N5O.ClH/c1-4-8-14(3,15)13(20)16-10(2)12-18-17-11-7-5-6-9-19(11)12;/h10H,4-9,15H2,1-3H3,(H,16,20);1H. The third-order valence-corrected chi connectivity index (χ3v) is 3.91. The smallest absolute Gasteiger partial charge is 0.240 e. The summed E-state index contributed by atoms with van der Waals surface area (Å²) in [5.74, 6) is 1.73. The van der Waals surface area contributed by atoms with Crippen LogP contribution >= 0.6 is 12.4 Å². The summed E-state index contributed by atoms with van der Waals surface area (Å²) in [5, 5.41) is 11.4. The lowest BCUT2D eigenvalue weighted by Gasteiger charge is -2.26. The third-order valence-electron chi connectivity index (χ3n) is 3.91. The maximum Gasteiger partial charge on any atom is 0.240 e. The van der Waals surface area contributed by atoms with Crippen molar-refractivity contribution in [3.63, 3.8) is 0 Å². The molecule has 2 unspecified atom stereocenters. The Kier molecular flexibility index (Phi) is 6.16. The molecule has 0 aromatic carbocycles. The second-order valence-electron chi connectivity index (χ2n) is 5.95. The minimum atomic E-state index is -0.826. The summed E-state index contributed by atoms with van der Waals surface area (Å²) in [6, 6.07) is -0.165. The number of hydrogen-bond donors (Lipinski definition) is 2. The summed E-state index contributed by atoms with van der Waals surface area (Å²) in [5.41, 5.74) is 5.23. The van der Waals surface area contributed by atoms with E-state index in [0.29, 0.717) is 6.42 Å². The second kappa shape index (κ2) is 7.22. The molecule has 1 aromatic heterocycles. The fourth-order valence-corrected chi connectivity index (χ4v) is 2.71. The largest absolute Gasteiger partial charge is 0.345 e. The molecule has 2 heterocycles. The first kappa shape index (κ1) is 17.9. The summed E-state index contributed by atoms with van der Waals surface area (Å²) in [6.45, 7) is 6.67. The fraction of sp³-hybridized carbons (Fsp3) is 0.786. The van der Waals surface area contributed by atoms with Gasteiger partial charge in [0.25, 0.3) is 0 Å². The number of rotatable bonds is 5. The van der Waals surface area contributed by atoms with E-state index in [-0.39, 0.29) is 24.4 Å². The summed E-state index contributed by atoms with van der Waals surface area (Å²) in [6.07, 6.45) is 4.83. The summed E-state index contributed by atoms with van der Waals surface area (Å²) < 4.78 is 2.13. The van der Waals surface area contributed by atoms with Crippen LogP contribution in [0, 0.1) is 0 Å². The first-order valence-corrected chi connectivity index (χ1v) is 7.47. The third kappa shape index (κ3) is 3.95. The second-order valence-corrected chi connectivity index (χ2v) is 5.95. The molecule has 2 rings (SSSR count). The predicted octanol–water partition coefficient (Wildman–Crippen LogP) is 1.73. The van der Waals surface area contributed by atoms with Gasteiger partial charge in [0.05, 0.1) is 11.6 Å². The van der Waals surface area contributed by atoms with Crippen LogP contribution in [0.15, 0.2) is 0 Å². The van der Waals surface area contributed by atoms with Crippen LogP contribution in [0.3, 0.4) is 0 Å². The van der Waals surface area contributed by atoms with Crippen LogP contribution in [0.1, 0.15) is 64.1 Å². The van der Waals surface area contributed by atoms with Gasteiger partial charge in [-0.05, 0) is 33.1 Å². The number of carbonyl (C=O) groups is 1. The van der Waals surface area contributed by atoms with Crippen molar-refractivity contribution >= 4 is 18.3 Å². The first-order valence-electron chi connectivity index (χ1n) is 7.47. The van der Waals surface area contributed by atoms with Gasteiger partial charge in [-0.25, -0.2) is 0 Å². The zero-order valence-electron chi connectivity index (χ0n) is 13.1. The van der Waals surface area contributed by atoms with Crippen LogP contribution in [0.4, 0.5) is 0 Å². The van der Waals surface area contributed by atoms with Crippen LogP contribution < -0.4 is 11.1 Å². The van der Waals surface area contributed by atoms with Crippen molar-refractivity contribution in [2.24, 2.45) is 5.73 Å². The number of fused-ring (bicyclic) bond motifs is 1. The van der Waals surface area contributed by atoms with Crippen molar-refractivity contribution in [1.82, 2.24) is 20.1 Å². The Hall–Kier alpha value is -1.14. The molecular formula is C14H26ClN5O. The van der Waals surface area contributed by atoms with E-state index in [1.807, 2.05) is 13.8 Å². The fourth-order valence-electron chi connectivity index (χ4n) is 2.71. The molecule has 0 bridgehead atoms. The maximum absolute atomic E-state index is 12.2. The molecule has 120 valence electrons. The van der Waals surface area contributed by atoms with Gasteiger partial charge in [-0.3, -0.25) is 4.79 Å². The first-order chi connectivity index (χ1) is 9.45. The molecule has 1 aliphatic heterocycles. The molecule has 2 atom stereocenters. The van der Waals surface area contributed by atoms with E-state index in [9.17, 15) is 4.79 Å². The molecule has 1 aromatic rings. The van der Waals surface area contributed by atoms with Crippen molar-refractivity contribution in [2.45, 2.75) is 71.0 Å². The van der Waals surface area contributed by atoms with Gasteiger partial charge in [0.2, 0.25) is 5.91 Å². The number of nitrogens with two attached hydrogens (primary N) is 1. The highest BCUT2D eigenvalue weighted by Gasteiger charge is 2.30. The van der Waals surface area contributed by atoms with E-state index in [2.05, 4.69) is 20.1 Å². The highest BCUT2D eigenvalue weighted by atomic mass is 35.5. The Labute approximate surface area is 132 Å². The van der Waals surface area contributed by atoms with E-state index < -0.39 is 5.54 Å². The van der Waals surface area contributed by atoms with Crippen molar-refractivity contribution < 1.29 is 4.79 Å². The van der Waals surface area contributed by atoms with Crippen molar-refractivity contribution in [2.75, 3.05) is 0 Å². The Bertz CT molecular complexity index is 486. The van der Waals surface area contributed by atoms with Gasteiger partial charge < -0.3 is 15.6 Å². The average Bonchev–Trinajstić information content (AvgIpc) is 2.82. The monoisotopic (exact) mass is 315 g/mol. The van der Waals surface area contributed by atoms with E-state index >= 15 is 0 Å². The number of aromatic nitrogens is 3. The zero-order valence-corrected chi connectivity index (χ0v) is 13.9. The number of carbonyl (C=O) groups excluding carboxylic acids is 1. The van der Waals surface area contributed by atoms with Crippen LogP contribution in [-0.2, 0) is 17.8 Å². The van der Waals surface area contributed by atoms with E-state index in [0.717, 1.165) is 43.9 Å². The van der Waals surface area contributed by atoms with Gasteiger partial charge in [-0.15, -0.1) is 22.6 Å². The molecule has 21 heavy (non-hydrogen) atoms. The summed E-state index contributed by atoms with van der Waals surface area (Å²) in [7, 11) is 0. The van der Waals surface area contributed by atoms with E-state index in [4.69, 9.17) is 5.73 Å². The number of hydrogen-bond acceptors (Lipinski definition) is 4. The van der Waals surface area contributed by atoms with Crippen molar-refractivity contribution in [1.29, 1.82) is 0 Å². The molecule has 0 saturated carbocycles. The summed E-state index contributed by atoms with van der Waals surface area (Å²) >= 11 is 0. The Balaban J connectivity index is 0.00000220. The molecule has 1 aliphatic rings. The Morgan fingerprint density at radius 3 is 2.86 bits per heavy atom. The lowest BCUT2D eigenvalue weighted by atomic mass is 9.96. The van der Waals surface area contributed by atoms with Crippen LogP contribution in [0.5, 0.6) is 0 Å². The minimum absolute atomic E-state index is 0. The van der Waals surface area contributed by atoms with Gasteiger partial charge in [0, 0.05) is 13.0 Å². The van der Waals surface area contributed by atoms with Gasteiger partial charge >= 0.3 is 0 Å². The Morgan fingerprint density at radius 1 is 1.48 bits per heavy atom. The number of amides is 1. The number of nitrogens with zero attached hydrogens (tertiary/aromatic N) is 3. The molecule has 0 saturated heterocycles. The molecule has 1 amide bonds. The molecule has 6 nitrogen and oxygen atoms in total. The molecule has 0 aliphatic carbocycles. The average molecular weight is 316 g/mol. The molecule has 3 N–H and O–H groups in total. The van der Waals surface area contributed by atoms with E-state index in [1.54, 1.807) is 6.92 Å². The minimum Gasteiger partial charge on any atom is -0.345 e. The maximum atomic E-state index is 12.2. The molecule has 0 radical (unpaired) electrons. The number of halogens is 1. The molecular weight excluding hydrogens is 290 g/mol. The molecule has 7 heteroatoms. The van der Waals surface area contributed by atoms with Crippen LogP contribution in [0.2, 0.25) is 0 Å². The number of aryl methyl sites for hydroxylation is 1. The summed E-state index contributed by atoms with van der Waals surface area (Å²) in [4.78, 5) is 12.2. The van der Waals surface area contributed by atoms with Crippen LogP contribution in [-0.4, -0.2) is 26.2 Å². The lowest BCUT2D eigenvalue weighted by molar-refractivity contribution is -0.126. The highest BCUT2D eigenvalue weighted by molar-refractivity contribution is 5.86.